The van der Waals surface area contributed by atoms with Crippen molar-refractivity contribution in [2.45, 2.75) is 50.2 Å². The Bertz CT molecular complexity index is 1420. The third kappa shape index (κ3) is 5.04. The predicted octanol–water partition coefficient (Wildman–Crippen LogP) is 4.77. The summed E-state index contributed by atoms with van der Waals surface area (Å²) in [6.45, 7) is 16.6. The Morgan fingerprint density at radius 2 is 1.70 bits per heavy atom. The van der Waals surface area contributed by atoms with E-state index in [4.69, 9.17) is 4.74 Å². The van der Waals surface area contributed by atoms with Gasteiger partial charge in [-0.1, -0.05) is 37.3 Å². The van der Waals surface area contributed by atoms with E-state index in [9.17, 15) is 19.5 Å². The molecule has 1 N–H and O–H groups in total. The number of hydrogen-bond donors (Lipinski definition) is 1. The topological polar surface area (TPSA) is 90.4 Å². The van der Waals surface area contributed by atoms with Crippen LogP contribution in [0.15, 0.2) is 67.8 Å². The number of likely N-dealkylation sites (tertiary alicyclic amines) is 1. The van der Waals surface area contributed by atoms with Crippen molar-refractivity contribution in [3.05, 3.63) is 78.9 Å². The molecule has 0 aliphatic carbocycles. The van der Waals surface area contributed by atoms with Crippen molar-refractivity contribution in [2.24, 2.45) is 17.8 Å². The number of thioether (sulfide) groups is 1. The predicted molar refractivity (Wildman–Crippen MR) is 176 cm³/mol. The molecule has 3 aliphatic heterocycles. The van der Waals surface area contributed by atoms with Crippen molar-refractivity contribution in [2.75, 3.05) is 42.6 Å². The molecule has 5 rings (SSSR count). The first kappa shape index (κ1) is 31.9. The maximum Gasteiger partial charge on any atom is 0.251 e. The van der Waals surface area contributed by atoms with E-state index in [0.717, 1.165) is 23.2 Å². The molecule has 0 saturated carbocycles. The van der Waals surface area contributed by atoms with Gasteiger partial charge in [0.25, 0.3) is 5.91 Å². The molecule has 2 bridgehead atoms. The van der Waals surface area contributed by atoms with Gasteiger partial charge >= 0.3 is 0 Å². The number of rotatable bonds is 12. The fourth-order valence-electron chi connectivity index (χ4n) is 7.75. The molecule has 3 amide bonds. The Balaban J connectivity index is 1.57. The second kappa shape index (κ2) is 12.8. The summed E-state index contributed by atoms with van der Waals surface area (Å²) in [5.74, 6) is -1.15. The highest BCUT2D eigenvalue weighted by Gasteiger charge is 2.76. The molecule has 1 spiro atoms. The van der Waals surface area contributed by atoms with Crippen LogP contribution in [0.1, 0.15) is 31.4 Å². The Kier molecular flexibility index (Phi) is 9.28. The maximum atomic E-state index is 14.8. The number of β-amino-alcohol motifs (C(OH)–C–C–N with tert-alkyl or cyclic N) is 1. The van der Waals surface area contributed by atoms with Crippen molar-refractivity contribution in [3.63, 3.8) is 0 Å². The number of aryl methyl sites for hydroxylation is 2. The number of benzene rings is 2. The molecule has 0 aromatic heterocycles. The van der Waals surface area contributed by atoms with Gasteiger partial charge in [-0.3, -0.25) is 14.4 Å². The van der Waals surface area contributed by atoms with E-state index >= 15 is 0 Å². The lowest BCUT2D eigenvalue weighted by molar-refractivity contribution is -0.139. The summed E-state index contributed by atoms with van der Waals surface area (Å²) in [5.41, 5.74) is 3.41. The summed E-state index contributed by atoms with van der Waals surface area (Å²) in [6.07, 6.45) is 4.11. The Hall–Kier alpha value is -3.56. The van der Waals surface area contributed by atoms with Crippen LogP contribution in [0, 0.1) is 31.6 Å². The zero-order chi connectivity index (χ0) is 31.8. The summed E-state index contributed by atoms with van der Waals surface area (Å²) >= 11 is 1.63. The van der Waals surface area contributed by atoms with Crippen molar-refractivity contribution in [1.82, 2.24) is 4.90 Å². The van der Waals surface area contributed by atoms with E-state index in [0.29, 0.717) is 18.0 Å². The van der Waals surface area contributed by atoms with Crippen LogP contribution < -0.4 is 14.5 Å². The first-order chi connectivity index (χ1) is 21.2. The number of aliphatic hydroxyl groups is 1. The Morgan fingerprint density at radius 3 is 2.30 bits per heavy atom. The van der Waals surface area contributed by atoms with Crippen LogP contribution in [0.3, 0.4) is 0 Å². The van der Waals surface area contributed by atoms with Gasteiger partial charge in [0.1, 0.15) is 11.8 Å². The largest absolute Gasteiger partial charge is 0.494 e. The number of hydrogen-bond acceptors (Lipinski definition) is 6. The molecule has 3 fully saturated rings. The number of amides is 3. The monoisotopic (exact) mass is 617 g/mol. The zero-order valence-electron chi connectivity index (χ0n) is 26.1. The average Bonchev–Trinajstić information content (AvgIpc) is 3.59. The lowest BCUT2D eigenvalue weighted by atomic mass is 9.65. The standard InChI is InChI=1S/C35H43N3O5S/c1-7-17-36(25-13-15-26(16-14-25)43-9-3)32(40)28-27-21-24(6)35(44-27)29(28)33(41)38(19-20-39)31(35)34(42)37(18-8-2)30-22(4)11-10-12-23(30)5/h7-8,10-16,24,27-29,31,39H,1-2,9,17-21H2,3-6H3/t24?,27-,28+,29+,31?,35?/m1/s1. The van der Waals surface area contributed by atoms with Crippen LogP contribution in [0.2, 0.25) is 0 Å². The minimum atomic E-state index is -0.827. The number of anilines is 2. The summed E-state index contributed by atoms with van der Waals surface area (Å²) in [4.78, 5) is 48.7. The second-order valence-corrected chi connectivity index (χ2v) is 13.5. The average molecular weight is 618 g/mol. The number of ether oxygens (including phenoxy) is 1. The van der Waals surface area contributed by atoms with E-state index in [1.165, 1.54) is 0 Å². The van der Waals surface area contributed by atoms with Crippen LogP contribution in [0.5, 0.6) is 5.75 Å². The highest BCUT2D eigenvalue weighted by Crippen LogP contribution is 2.69. The van der Waals surface area contributed by atoms with Gasteiger partial charge in [0.2, 0.25) is 11.8 Å². The van der Waals surface area contributed by atoms with E-state index in [2.05, 4.69) is 20.1 Å². The normalized spacial score (nSPS) is 26.8. The minimum absolute atomic E-state index is 0.00928. The van der Waals surface area contributed by atoms with E-state index in [1.807, 2.05) is 63.2 Å². The van der Waals surface area contributed by atoms with Crippen LogP contribution in [-0.4, -0.2) is 76.6 Å². The number of carbonyl (C=O) groups is 3. The molecular formula is C35H43N3O5S. The molecule has 3 aliphatic rings. The van der Waals surface area contributed by atoms with Gasteiger partial charge < -0.3 is 24.5 Å². The second-order valence-electron chi connectivity index (χ2n) is 12.0. The van der Waals surface area contributed by atoms with Crippen molar-refractivity contribution >= 4 is 40.9 Å². The summed E-state index contributed by atoms with van der Waals surface area (Å²) < 4.78 is 4.79. The number of fused-ring (bicyclic) bond motifs is 1. The molecule has 0 radical (unpaired) electrons. The number of nitrogens with zero attached hydrogens (tertiary/aromatic N) is 3. The van der Waals surface area contributed by atoms with Crippen LogP contribution in [-0.2, 0) is 14.4 Å². The third-order valence-corrected chi connectivity index (χ3v) is 11.5. The molecule has 44 heavy (non-hydrogen) atoms. The van der Waals surface area contributed by atoms with Gasteiger partial charge in [-0.15, -0.1) is 24.9 Å². The molecule has 3 saturated heterocycles. The molecular weight excluding hydrogens is 574 g/mol. The molecule has 9 heteroatoms. The van der Waals surface area contributed by atoms with Crippen LogP contribution in [0.4, 0.5) is 11.4 Å². The van der Waals surface area contributed by atoms with Gasteiger partial charge in [0.15, 0.2) is 0 Å². The maximum absolute atomic E-state index is 14.8. The number of aliphatic hydroxyl groups excluding tert-OH is 1. The number of para-hydroxylation sites is 1. The summed E-state index contributed by atoms with van der Waals surface area (Å²) in [5, 5.41) is 9.98. The van der Waals surface area contributed by atoms with E-state index < -0.39 is 22.6 Å². The minimum Gasteiger partial charge on any atom is -0.494 e. The SMILES string of the molecule is C=CCN(C(=O)[C@@H]1[C@H]2C(=O)N(CCO)C(C(=O)N(CC=C)c3c(C)cccc3C)C23S[C@@H]1CC3C)c1ccc(OCC)cc1. The van der Waals surface area contributed by atoms with E-state index in [-0.39, 0.29) is 55.1 Å². The van der Waals surface area contributed by atoms with Gasteiger partial charge in [-0.25, -0.2) is 0 Å². The van der Waals surface area contributed by atoms with Crippen LogP contribution in [0.25, 0.3) is 0 Å². The van der Waals surface area contributed by atoms with Gasteiger partial charge in [-0.05, 0) is 68.5 Å². The first-order valence-corrected chi connectivity index (χ1v) is 16.3. The lowest BCUT2D eigenvalue weighted by Crippen LogP contribution is -2.58. The summed E-state index contributed by atoms with van der Waals surface area (Å²) in [7, 11) is 0. The third-order valence-electron chi connectivity index (χ3n) is 9.43. The molecule has 3 unspecified atom stereocenters. The molecule has 2 aromatic carbocycles. The smallest absolute Gasteiger partial charge is 0.251 e. The van der Waals surface area contributed by atoms with Gasteiger partial charge in [-0.2, -0.15) is 0 Å². The summed E-state index contributed by atoms with van der Waals surface area (Å²) in [6, 6.07) is 12.5. The fourth-order valence-corrected chi connectivity index (χ4v) is 10.2. The lowest BCUT2D eigenvalue weighted by Gasteiger charge is -2.41. The van der Waals surface area contributed by atoms with Crippen molar-refractivity contribution in [3.8, 4) is 5.75 Å². The van der Waals surface area contributed by atoms with Crippen molar-refractivity contribution < 1.29 is 24.2 Å². The van der Waals surface area contributed by atoms with Crippen LogP contribution >= 0.6 is 11.8 Å². The number of carbonyl (C=O) groups excluding carboxylic acids is 3. The van der Waals surface area contributed by atoms with E-state index in [1.54, 1.807) is 38.6 Å². The highest BCUT2D eigenvalue weighted by atomic mass is 32.2. The molecule has 234 valence electrons. The molecule has 2 aromatic rings. The quantitative estimate of drug-likeness (QED) is 0.345. The van der Waals surface area contributed by atoms with Gasteiger partial charge in [0.05, 0.1) is 29.8 Å². The fraction of sp³-hybridized carbons (Fsp3) is 0.457. The first-order valence-electron chi connectivity index (χ1n) is 15.4. The Morgan fingerprint density at radius 1 is 1.07 bits per heavy atom. The zero-order valence-corrected chi connectivity index (χ0v) is 26.9. The Labute approximate surface area is 264 Å². The van der Waals surface area contributed by atoms with Gasteiger partial charge in [0, 0.05) is 36.3 Å². The highest BCUT2D eigenvalue weighted by molar-refractivity contribution is 8.02. The molecule has 6 atom stereocenters. The molecule has 3 heterocycles. The molecule has 8 nitrogen and oxygen atoms in total. The van der Waals surface area contributed by atoms with Crippen molar-refractivity contribution in [1.29, 1.82) is 0 Å².